The third-order valence-electron chi connectivity index (χ3n) is 3.19. The monoisotopic (exact) mass is 298 g/mol. The average Bonchev–Trinajstić information content (AvgIpc) is 2.36. The third-order valence-corrected chi connectivity index (χ3v) is 3.19. The molecule has 1 aromatic heterocycles. The van der Waals surface area contributed by atoms with E-state index in [0.717, 1.165) is 23.1 Å². The van der Waals surface area contributed by atoms with Crippen LogP contribution in [0.15, 0.2) is 30.3 Å². The molecular weight excluding hydrogens is 272 g/mol. The van der Waals surface area contributed by atoms with Gasteiger partial charge in [-0.05, 0) is 45.2 Å². The lowest BCUT2D eigenvalue weighted by Crippen LogP contribution is -2.27. The number of hydrogen-bond acceptors (Lipinski definition) is 4. The maximum atomic E-state index is 4.50. The summed E-state index contributed by atoms with van der Waals surface area (Å²) in [5.74, 6) is 2.86. The van der Waals surface area contributed by atoms with Crippen molar-refractivity contribution in [1.82, 2.24) is 9.97 Å². The highest BCUT2D eigenvalue weighted by molar-refractivity contribution is 5.63. The van der Waals surface area contributed by atoms with Crippen LogP contribution in [-0.4, -0.2) is 15.5 Å². The van der Waals surface area contributed by atoms with E-state index >= 15 is 0 Å². The zero-order valence-corrected chi connectivity index (χ0v) is 14.4. The Morgan fingerprint density at radius 1 is 1.00 bits per heavy atom. The summed E-state index contributed by atoms with van der Waals surface area (Å²) >= 11 is 0. The minimum absolute atomic E-state index is 0.0338. The summed E-state index contributed by atoms with van der Waals surface area (Å²) in [5, 5.41) is 6.82. The van der Waals surface area contributed by atoms with E-state index in [4.69, 9.17) is 0 Å². The Morgan fingerprint density at radius 2 is 1.64 bits per heavy atom. The second kappa shape index (κ2) is 6.34. The molecule has 0 aliphatic carbocycles. The van der Waals surface area contributed by atoms with Crippen molar-refractivity contribution in [2.24, 2.45) is 0 Å². The predicted molar refractivity (Wildman–Crippen MR) is 94.0 cm³/mol. The molecule has 22 heavy (non-hydrogen) atoms. The van der Waals surface area contributed by atoms with Crippen molar-refractivity contribution in [1.29, 1.82) is 0 Å². The normalized spacial score (nSPS) is 11.6. The highest BCUT2D eigenvalue weighted by atomic mass is 15.1. The Morgan fingerprint density at radius 3 is 2.27 bits per heavy atom. The van der Waals surface area contributed by atoms with Crippen LogP contribution >= 0.6 is 0 Å². The van der Waals surface area contributed by atoms with Gasteiger partial charge in [-0.25, -0.2) is 9.97 Å². The third kappa shape index (κ3) is 4.45. The van der Waals surface area contributed by atoms with Gasteiger partial charge in [-0.15, -0.1) is 0 Å². The average molecular weight is 298 g/mol. The van der Waals surface area contributed by atoms with Crippen LogP contribution in [0.4, 0.5) is 17.3 Å². The number of anilines is 3. The van der Waals surface area contributed by atoms with E-state index in [2.05, 4.69) is 73.4 Å². The van der Waals surface area contributed by atoms with Crippen LogP contribution in [0.25, 0.3) is 0 Å². The lowest BCUT2D eigenvalue weighted by Gasteiger charge is -2.22. The van der Waals surface area contributed by atoms with Crippen LogP contribution in [0.3, 0.4) is 0 Å². The molecule has 0 aliphatic heterocycles. The van der Waals surface area contributed by atoms with E-state index in [1.807, 2.05) is 19.1 Å². The molecule has 0 saturated heterocycles. The Balaban J connectivity index is 2.30. The Labute approximate surface area is 133 Å². The molecule has 0 fully saturated rings. The van der Waals surface area contributed by atoms with Gasteiger partial charge in [0.1, 0.15) is 17.5 Å². The van der Waals surface area contributed by atoms with Crippen LogP contribution in [-0.2, 0) is 0 Å². The first kappa shape index (κ1) is 16.3. The van der Waals surface area contributed by atoms with Gasteiger partial charge in [0, 0.05) is 17.3 Å². The lowest BCUT2D eigenvalue weighted by molar-refractivity contribution is 0.629. The number of hydrogen-bond donors (Lipinski definition) is 2. The van der Waals surface area contributed by atoms with E-state index in [-0.39, 0.29) is 5.54 Å². The van der Waals surface area contributed by atoms with Crippen LogP contribution in [0, 0.1) is 6.92 Å². The topological polar surface area (TPSA) is 49.8 Å². The molecule has 1 aromatic carbocycles. The fraction of sp³-hybridized carbons (Fsp3) is 0.444. The number of nitrogens with zero attached hydrogens (tertiary/aromatic N) is 2. The van der Waals surface area contributed by atoms with Crippen LogP contribution in [0.5, 0.6) is 0 Å². The van der Waals surface area contributed by atoms with Crippen LogP contribution in [0.1, 0.15) is 51.9 Å². The number of benzene rings is 1. The number of nitrogens with one attached hydrogen (secondary N) is 2. The van der Waals surface area contributed by atoms with Gasteiger partial charge < -0.3 is 10.6 Å². The molecule has 118 valence electrons. The second-order valence-corrected chi connectivity index (χ2v) is 6.93. The molecule has 0 spiro atoms. The number of aromatic nitrogens is 2. The molecule has 2 N–H and O–H groups in total. The largest absolute Gasteiger partial charge is 0.365 e. The molecule has 0 unspecified atom stereocenters. The molecule has 0 radical (unpaired) electrons. The summed E-state index contributed by atoms with van der Waals surface area (Å²) in [6.45, 7) is 12.6. The van der Waals surface area contributed by atoms with Crippen molar-refractivity contribution in [2.75, 3.05) is 10.6 Å². The van der Waals surface area contributed by atoms with Crippen LogP contribution in [0.2, 0.25) is 0 Å². The fourth-order valence-electron chi connectivity index (χ4n) is 2.33. The van der Waals surface area contributed by atoms with Crippen LogP contribution < -0.4 is 10.6 Å². The van der Waals surface area contributed by atoms with Gasteiger partial charge >= 0.3 is 0 Å². The molecule has 2 rings (SSSR count). The lowest BCUT2D eigenvalue weighted by atomic mass is 10.0. The van der Waals surface area contributed by atoms with Crippen molar-refractivity contribution < 1.29 is 0 Å². The standard InChI is InChI=1S/C18H26N4/c1-12(2)14-9-7-8-10-15(14)21-16-11-17(20-13(3)19-16)22-18(4,5)6/h7-12H,1-6H3,(H2,19,20,21,22). The van der Waals surface area contributed by atoms with Gasteiger partial charge in [0.05, 0.1) is 0 Å². The van der Waals surface area contributed by atoms with E-state index in [1.165, 1.54) is 5.56 Å². The summed E-state index contributed by atoms with van der Waals surface area (Å²) in [6.07, 6.45) is 0. The van der Waals surface area contributed by atoms with E-state index in [9.17, 15) is 0 Å². The molecule has 0 aliphatic rings. The van der Waals surface area contributed by atoms with Gasteiger partial charge in [0.15, 0.2) is 0 Å². The molecule has 2 aromatic rings. The van der Waals surface area contributed by atoms with Gasteiger partial charge in [0.2, 0.25) is 0 Å². The second-order valence-electron chi connectivity index (χ2n) is 6.93. The molecule has 4 nitrogen and oxygen atoms in total. The molecule has 4 heteroatoms. The summed E-state index contributed by atoms with van der Waals surface area (Å²) < 4.78 is 0. The van der Waals surface area contributed by atoms with Gasteiger partial charge in [-0.3, -0.25) is 0 Å². The van der Waals surface area contributed by atoms with Gasteiger partial charge in [-0.2, -0.15) is 0 Å². The van der Waals surface area contributed by atoms with Crippen molar-refractivity contribution in [3.8, 4) is 0 Å². The summed E-state index contributed by atoms with van der Waals surface area (Å²) in [4.78, 5) is 8.95. The van der Waals surface area contributed by atoms with Crippen molar-refractivity contribution in [2.45, 2.75) is 53.0 Å². The smallest absolute Gasteiger partial charge is 0.136 e. The fourth-order valence-corrected chi connectivity index (χ4v) is 2.33. The Bertz CT molecular complexity index is 642. The molecule has 0 amide bonds. The molecule has 0 saturated carbocycles. The van der Waals surface area contributed by atoms with E-state index in [0.29, 0.717) is 5.92 Å². The first-order valence-corrected chi connectivity index (χ1v) is 7.74. The van der Waals surface area contributed by atoms with E-state index in [1.54, 1.807) is 0 Å². The molecule has 0 bridgehead atoms. The Kier molecular flexibility index (Phi) is 4.69. The summed E-state index contributed by atoms with van der Waals surface area (Å²) in [7, 11) is 0. The van der Waals surface area contributed by atoms with E-state index < -0.39 is 0 Å². The quantitative estimate of drug-likeness (QED) is 0.846. The minimum Gasteiger partial charge on any atom is -0.365 e. The van der Waals surface area contributed by atoms with Gasteiger partial charge in [0.25, 0.3) is 0 Å². The highest BCUT2D eigenvalue weighted by Gasteiger charge is 2.12. The van der Waals surface area contributed by atoms with Crippen molar-refractivity contribution in [3.05, 3.63) is 41.7 Å². The predicted octanol–water partition coefficient (Wildman–Crippen LogP) is 4.86. The first-order valence-electron chi connectivity index (χ1n) is 7.74. The zero-order chi connectivity index (χ0) is 16.3. The maximum Gasteiger partial charge on any atom is 0.136 e. The maximum absolute atomic E-state index is 4.50. The number of para-hydroxylation sites is 1. The number of rotatable bonds is 4. The van der Waals surface area contributed by atoms with Crippen molar-refractivity contribution in [3.63, 3.8) is 0 Å². The molecule has 1 heterocycles. The van der Waals surface area contributed by atoms with Crippen molar-refractivity contribution >= 4 is 17.3 Å². The first-order chi connectivity index (χ1) is 10.2. The van der Waals surface area contributed by atoms with Gasteiger partial charge in [-0.1, -0.05) is 32.0 Å². The minimum atomic E-state index is -0.0338. The molecular formula is C18H26N4. The highest BCUT2D eigenvalue weighted by Crippen LogP contribution is 2.27. The summed E-state index contributed by atoms with van der Waals surface area (Å²) in [6, 6.07) is 10.3. The summed E-state index contributed by atoms with van der Waals surface area (Å²) in [5.41, 5.74) is 2.34. The molecule has 0 atom stereocenters. The Hall–Kier alpha value is -2.10. The number of aryl methyl sites for hydroxylation is 1. The SMILES string of the molecule is Cc1nc(Nc2ccccc2C(C)C)cc(NC(C)(C)C)n1. The zero-order valence-electron chi connectivity index (χ0n) is 14.4.